The van der Waals surface area contributed by atoms with Crippen LogP contribution >= 0.6 is 11.6 Å². The van der Waals surface area contributed by atoms with Gasteiger partial charge in [0.25, 0.3) is 0 Å². The lowest BCUT2D eigenvalue weighted by atomic mass is 9.59. The Hall–Kier alpha value is -2.58. The third-order valence-corrected chi connectivity index (χ3v) is 8.43. The van der Waals surface area contributed by atoms with Gasteiger partial charge in [0.1, 0.15) is 5.54 Å². The summed E-state index contributed by atoms with van der Waals surface area (Å²) in [5.74, 6) is 0.00494. The van der Waals surface area contributed by atoms with Crippen molar-refractivity contribution in [2.45, 2.75) is 62.7 Å². The van der Waals surface area contributed by atoms with E-state index in [1.807, 2.05) is 19.1 Å². The number of aliphatic hydroxyl groups excluding tert-OH is 1. The summed E-state index contributed by atoms with van der Waals surface area (Å²) >= 11 is 6.17. The van der Waals surface area contributed by atoms with E-state index in [2.05, 4.69) is 5.32 Å². The lowest BCUT2D eigenvalue weighted by molar-refractivity contribution is -0.286. The van der Waals surface area contributed by atoms with E-state index < -0.39 is 11.8 Å². The smallest absolute Gasteiger partial charge is 0.467 e. The summed E-state index contributed by atoms with van der Waals surface area (Å²) in [7, 11) is 1.38. The molecule has 1 aliphatic heterocycles. The van der Waals surface area contributed by atoms with Gasteiger partial charge < -0.3 is 24.6 Å². The van der Waals surface area contributed by atoms with E-state index in [9.17, 15) is 18.7 Å². The van der Waals surface area contributed by atoms with Crippen LogP contribution < -0.4 is 14.8 Å². The molecule has 194 valence electrons. The highest BCUT2D eigenvalue weighted by atomic mass is 35.5. The highest BCUT2D eigenvalue weighted by molar-refractivity contribution is 6.30. The van der Waals surface area contributed by atoms with Crippen molar-refractivity contribution >= 4 is 23.3 Å². The van der Waals surface area contributed by atoms with Gasteiger partial charge in [-0.15, -0.1) is 8.78 Å². The van der Waals surface area contributed by atoms with E-state index >= 15 is 0 Å². The highest BCUT2D eigenvalue weighted by Gasteiger charge is 2.55. The molecule has 9 heteroatoms. The average molecular weight is 522 g/mol. The second-order valence-corrected chi connectivity index (χ2v) is 10.8. The number of carbonyl (C=O) groups excluding carboxylic acids is 1. The number of carbonyl (C=O) groups is 1. The van der Waals surface area contributed by atoms with Gasteiger partial charge in [0, 0.05) is 17.3 Å². The summed E-state index contributed by atoms with van der Waals surface area (Å²) in [5.41, 5.74) is 1.37. The first-order chi connectivity index (χ1) is 17.1. The molecule has 3 aliphatic rings. The van der Waals surface area contributed by atoms with Crippen LogP contribution in [0.5, 0.6) is 11.5 Å². The first kappa shape index (κ1) is 25.1. The molecular weight excluding hydrogens is 492 g/mol. The van der Waals surface area contributed by atoms with Gasteiger partial charge in [-0.1, -0.05) is 24.6 Å². The quantitative estimate of drug-likeness (QED) is 0.476. The number of nitrogens with one attached hydrogen (secondary N) is 1. The Morgan fingerprint density at radius 1 is 1.19 bits per heavy atom. The van der Waals surface area contributed by atoms with Crippen molar-refractivity contribution < 1.29 is 32.9 Å². The number of aliphatic hydroxyl groups is 1. The molecule has 0 saturated heterocycles. The molecular formula is C27H30ClF2NO5. The molecule has 6 nitrogen and oxygen atoms in total. The van der Waals surface area contributed by atoms with E-state index in [0.717, 1.165) is 23.2 Å². The monoisotopic (exact) mass is 521 g/mol. The maximum absolute atomic E-state index is 13.8. The van der Waals surface area contributed by atoms with Crippen LogP contribution in [-0.4, -0.2) is 36.6 Å². The van der Waals surface area contributed by atoms with Gasteiger partial charge in [-0.3, -0.25) is 0 Å². The number of fused-ring (bicyclic) bond motifs is 3. The zero-order valence-electron chi connectivity index (χ0n) is 20.3. The second-order valence-electron chi connectivity index (χ2n) is 10.4. The number of benzene rings is 2. The molecule has 1 heterocycles. The summed E-state index contributed by atoms with van der Waals surface area (Å²) in [6.45, 7) is 2.08. The molecule has 0 bridgehead atoms. The van der Waals surface area contributed by atoms with Crippen molar-refractivity contribution in [3.8, 4) is 11.5 Å². The Kier molecular flexibility index (Phi) is 6.32. The molecule has 0 aromatic heterocycles. The zero-order chi connectivity index (χ0) is 25.7. The Labute approximate surface area is 213 Å². The van der Waals surface area contributed by atoms with Gasteiger partial charge in [-0.05, 0) is 97.2 Å². The number of halogens is 3. The van der Waals surface area contributed by atoms with Crippen molar-refractivity contribution in [3.05, 3.63) is 52.5 Å². The number of esters is 1. The summed E-state index contributed by atoms with van der Waals surface area (Å²) in [5, 5.41) is 13.7. The molecule has 2 aromatic rings. The first-order valence-corrected chi connectivity index (χ1v) is 12.6. The van der Waals surface area contributed by atoms with E-state index in [0.29, 0.717) is 37.1 Å². The van der Waals surface area contributed by atoms with Gasteiger partial charge >= 0.3 is 12.3 Å². The predicted octanol–water partition coefficient (Wildman–Crippen LogP) is 5.69. The summed E-state index contributed by atoms with van der Waals surface area (Å²) in [4.78, 5) is 13.1. The van der Waals surface area contributed by atoms with Crippen LogP contribution in [0.15, 0.2) is 36.4 Å². The van der Waals surface area contributed by atoms with Gasteiger partial charge in [-0.2, -0.15) is 0 Å². The fourth-order valence-corrected chi connectivity index (χ4v) is 6.63. The second kappa shape index (κ2) is 9.06. The molecule has 36 heavy (non-hydrogen) atoms. The van der Waals surface area contributed by atoms with Crippen LogP contribution in [-0.2, 0) is 21.4 Å². The van der Waals surface area contributed by atoms with Gasteiger partial charge in [0.05, 0.1) is 7.11 Å². The molecule has 2 atom stereocenters. The maximum Gasteiger partial charge on any atom is 0.586 e. The lowest BCUT2D eigenvalue weighted by Gasteiger charge is -2.47. The molecule has 1 spiro atoms. The molecule has 2 aliphatic carbocycles. The van der Waals surface area contributed by atoms with Crippen LogP contribution in [0.1, 0.15) is 50.2 Å². The molecule has 0 radical (unpaired) electrons. The molecule has 5 rings (SSSR count). The normalized spacial score (nSPS) is 28.6. The number of ether oxygens (including phenoxy) is 3. The largest absolute Gasteiger partial charge is 0.586 e. The highest BCUT2D eigenvalue weighted by Crippen LogP contribution is 2.58. The minimum Gasteiger partial charge on any atom is -0.467 e. The molecule has 2 N–H and O–H groups in total. The van der Waals surface area contributed by atoms with Crippen LogP contribution in [0.2, 0.25) is 5.02 Å². The summed E-state index contributed by atoms with van der Waals surface area (Å²) in [6, 6.07) is 10.6. The Morgan fingerprint density at radius 2 is 1.89 bits per heavy atom. The maximum atomic E-state index is 13.8. The number of methoxy groups -OCH3 is 1. The van der Waals surface area contributed by atoms with Crippen molar-refractivity contribution in [2.75, 3.05) is 19.0 Å². The Balaban J connectivity index is 1.49. The minimum absolute atomic E-state index is 0.0378. The van der Waals surface area contributed by atoms with Crippen LogP contribution in [0.25, 0.3) is 0 Å². The van der Waals surface area contributed by atoms with Crippen molar-refractivity contribution in [1.29, 1.82) is 0 Å². The number of alkyl halides is 2. The molecule has 0 unspecified atom stereocenters. The standard InChI is InChI=1S/C27H30ClF2NO5/c1-16(15-32)10-18-11-17-12-22-23(36-27(29,30)35-22)14-21(17)25(18)6-8-26(9-7-25,24(33)34-2)31-20-5-3-4-19(28)13-20/h3-5,12-14,16,18,31-32H,6-11,15H2,1-2H3/t16-,18+,25?,26?/m1/s1. The lowest BCUT2D eigenvalue weighted by Crippen LogP contribution is -2.53. The Morgan fingerprint density at radius 3 is 2.53 bits per heavy atom. The summed E-state index contributed by atoms with van der Waals surface area (Å²) in [6.07, 6.45) is 0.0435. The first-order valence-electron chi connectivity index (χ1n) is 12.3. The fraction of sp³-hybridized carbons (Fsp3) is 0.519. The zero-order valence-corrected chi connectivity index (χ0v) is 21.0. The van der Waals surface area contributed by atoms with E-state index in [4.69, 9.17) is 25.8 Å². The fourth-order valence-electron chi connectivity index (χ4n) is 6.44. The van der Waals surface area contributed by atoms with Crippen molar-refractivity contribution in [3.63, 3.8) is 0 Å². The SMILES string of the molecule is COC(=O)C1(Nc2cccc(Cl)c2)CCC2(CC1)c1cc3c(cc1C[C@@H]2C[C@@H](C)CO)OC(F)(F)O3. The van der Waals surface area contributed by atoms with Crippen LogP contribution in [0, 0.1) is 11.8 Å². The van der Waals surface area contributed by atoms with Gasteiger partial charge in [-0.25, -0.2) is 4.79 Å². The number of rotatable bonds is 6. The van der Waals surface area contributed by atoms with Crippen LogP contribution in [0.4, 0.5) is 14.5 Å². The van der Waals surface area contributed by atoms with E-state index in [-0.39, 0.29) is 41.3 Å². The van der Waals surface area contributed by atoms with E-state index in [1.54, 1.807) is 24.3 Å². The minimum atomic E-state index is -3.68. The summed E-state index contributed by atoms with van der Waals surface area (Å²) < 4.78 is 42.3. The average Bonchev–Trinajstić information content (AvgIpc) is 3.30. The molecule has 1 fully saturated rings. The van der Waals surface area contributed by atoms with Crippen molar-refractivity contribution in [2.24, 2.45) is 11.8 Å². The number of hydrogen-bond donors (Lipinski definition) is 2. The molecule has 1 saturated carbocycles. The van der Waals surface area contributed by atoms with Crippen molar-refractivity contribution in [1.82, 2.24) is 0 Å². The number of anilines is 1. The van der Waals surface area contributed by atoms with E-state index in [1.165, 1.54) is 7.11 Å². The molecule has 0 amide bonds. The van der Waals surface area contributed by atoms with Crippen LogP contribution in [0.3, 0.4) is 0 Å². The van der Waals surface area contributed by atoms with Gasteiger partial charge in [0.15, 0.2) is 11.5 Å². The predicted molar refractivity (Wildman–Crippen MR) is 131 cm³/mol. The third kappa shape index (κ3) is 4.28. The number of hydrogen-bond acceptors (Lipinski definition) is 6. The van der Waals surface area contributed by atoms with Gasteiger partial charge in [0.2, 0.25) is 0 Å². The molecule has 2 aromatic carbocycles. The topological polar surface area (TPSA) is 77.0 Å². The Bertz CT molecular complexity index is 1160. The third-order valence-electron chi connectivity index (χ3n) is 8.19.